The fourth-order valence-electron chi connectivity index (χ4n) is 5.47. The van der Waals surface area contributed by atoms with Gasteiger partial charge in [-0.05, 0) is 49.4 Å². The van der Waals surface area contributed by atoms with Gasteiger partial charge in [-0.3, -0.25) is 4.79 Å². The summed E-state index contributed by atoms with van der Waals surface area (Å²) in [6.07, 6.45) is 7.68. The standard InChI is InChI=1S/C16H26N2OS/c19-16(8-11-9-20-5-4-17-11)18-15-7-10-6-14(15)13-3-1-2-12(10)13/h10-15,17H,1-9H2,(H,18,19). The molecule has 1 heterocycles. The van der Waals surface area contributed by atoms with Crippen LogP contribution >= 0.6 is 11.8 Å². The summed E-state index contributed by atoms with van der Waals surface area (Å²) < 4.78 is 0. The summed E-state index contributed by atoms with van der Waals surface area (Å²) in [5, 5.41) is 6.85. The molecule has 6 unspecified atom stereocenters. The van der Waals surface area contributed by atoms with Crippen molar-refractivity contribution in [1.82, 2.24) is 10.6 Å². The molecule has 4 heteroatoms. The Morgan fingerprint density at radius 3 is 2.95 bits per heavy atom. The SMILES string of the molecule is O=C(CC1CSCCN1)NC1CC2CC1C1CCCC21. The van der Waals surface area contributed by atoms with E-state index in [1.54, 1.807) is 0 Å². The highest BCUT2D eigenvalue weighted by atomic mass is 32.2. The molecule has 1 amide bonds. The Morgan fingerprint density at radius 2 is 2.10 bits per heavy atom. The Bertz CT molecular complexity index is 383. The van der Waals surface area contributed by atoms with Crippen molar-refractivity contribution in [3.8, 4) is 0 Å². The van der Waals surface area contributed by atoms with Crippen LogP contribution in [0.25, 0.3) is 0 Å². The second-order valence-electron chi connectivity index (χ2n) is 7.26. The van der Waals surface area contributed by atoms with Gasteiger partial charge in [0.1, 0.15) is 0 Å². The van der Waals surface area contributed by atoms with Crippen molar-refractivity contribution in [2.75, 3.05) is 18.1 Å². The van der Waals surface area contributed by atoms with Crippen LogP contribution in [0.3, 0.4) is 0 Å². The highest BCUT2D eigenvalue weighted by Crippen LogP contribution is 2.58. The monoisotopic (exact) mass is 294 g/mol. The predicted molar refractivity (Wildman–Crippen MR) is 82.7 cm³/mol. The first-order valence-electron chi connectivity index (χ1n) is 8.42. The third-order valence-electron chi connectivity index (χ3n) is 6.21. The van der Waals surface area contributed by atoms with E-state index in [1.165, 1.54) is 37.9 Å². The van der Waals surface area contributed by atoms with Gasteiger partial charge in [0.05, 0.1) is 0 Å². The van der Waals surface area contributed by atoms with E-state index in [0.29, 0.717) is 18.5 Å². The van der Waals surface area contributed by atoms with E-state index < -0.39 is 0 Å². The lowest BCUT2D eigenvalue weighted by Gasteiger charge is -2.32. The highest BCUT2D eigenvalue weighted by molar-refractivity contribution is 7.99. The second kappa shape index (κ2) is 5.53. The first-order chi connectivity index (χ1) is 9.81. The molecule has 4 fully saturated rings. The summed E-state index contributed by atoms with van der Waals surface area (Å²) in [6.45, 7) is 1.06. The number of carbonyl (C=O) groups excluding carboxylic acids is 1. The molecule has 3 saturated carbocycles. The predicted octanol–water partition coefficient (Wildman–Crippen LogP) is 2.02. The summed E-state index contributed by atoms with van der Waals surface area (Å²) >= 11 is 1.97. The van der Waals surface area contributed by atoms with Gasteiger partial charge in [0.25, 0.3) is 0 Å². The van der Waals surface area contributed by atoms with Crippen LogP contribution in [0.15, 0.2) is 0 Å². The summed E-state index contributed by atoms with van der Waals surface area (Å²) in [4.78, 5) is 12.3. The first-order valence-corrected chi connectivity index (χ1v) is 9.57. The molecule has 1 aliphatic heterocycles. The van der Waals surface area contributed by atoms with Crippen molar-refractivity contribution in [3.05, 3.63) is 0 Å². The number of hydrogen-bond acceptors (Lipinski definition) is 3. The van der Waals surface area contributed by atoms with Gasteiger partial charge < -0.3 is 10.6 Å². The molecule has 0 aromatic rings. The Kier molecular flexibility index (Phi) is 3.71. The largest absolute Gasteiger partial charge is 0.353 e. The lowest BCUT2D eigenvalue weighted by molar-refractivity contribution is -0.122. The maximum Gasteiger partial charge on any atom is 0.221 e. The van der Waals surface area contributed by atoms with Crippen molar-refractivity contribution in [2.24, 2.45) is 23.7 Å². The molecule has 0 aromatic heterocycles. The van der Waals surface area contributed by atoms with Crippen molar-refractivity contribution in [3.63, 3.8) is 0 Å². The van der Waals surface area contributed by atoms with Crippen LogP contribution in [-0.2, 0) is 4.79 Å². The van der Waals surface area contributed by atoms with Crippen LogP contribution in [0.4, 0.5) is 0 Å². The molecular formula is C16H26N2OS. The molecule has 0 aromatic carbocycles. The summed E-state index contributed by atoms with van der Waals surface area (Å²) in [6, 6.07) is 0.898. The van der Waals surface area contributed by atoms with Crippen LogP contribution in [0.2, 0.25) is 0 Å². The van der Waals surface area contributed by atoms with Crippen LogP contribution in [0.5, 0.6) is 0 Å². The number of hydrogen-bond donors (Lipinski definition) is 2. The number of carbonyl (C=O) groups is 1. The molecule has 4 aliphatic rings. The number of nitrogens with one attached hydrogen (secondary N) is 2. The Hall–Kier alpha value is -0.220. The molecule has 0 radical (unpaired) electrons. The van der Waals surface area contributed by atoms with E-state index >= 15 is 0 Å². The Balaban J connectivity index is 1.30. The Labute approximate surface area is 126 Å². The van der Waals surface area contributed by atoms with E-state index in [1.807, 2.05) is 11.8 Å². The minimum absolute atomic E-state index is 0.289. The maximum absolute atomic E-state index is 12.3. The number of thioether (sulfide) groups is 1. The zero-order valence-corrected chi connectivity index (χ0v) is 13.0. The molecule has 3 aliphatic carbocycles. The lowest BCUT2D eigenvalue weighted by Crippen LogP contribution is -2.46. The zero-order valence-electron chi connectivity index (χ0n) is 12.1. The quantitative estimate of drug-likeness (QED) is 0.837. The third kappa shape index (κ3) is 2.39. The van der Waals surface area contributed by atoms with Gasteiger partial charge in [0, 0.05) is 36.6 Å². The molecule has 112 valence electrons. The van der Waals surface area contributed by atoms with Gasteiger partial charge in [-0.15, -0.1) is 0 Å². The summed E-state index contributed by atoms with van der Waals surface area (Å²) in [7, 11) is 0. The van der Waals surface area contributed by atoms with Gasteiger partial charge in [-0.2, -0.15) is 11.8 Å². The number of fused-ring (bicyclic) bond motifs is 5. The summed E-state index contributed by atoms with van der Waals surface area (Å²) in [5.41, 5.74) is 0. The molecule has 4 rings (SSSR count). The maximum atomic E-state index is 12.3. The summed E-state index contributed by atoms with van der Waals surface area (Å²) in [5.74, 6) is 6.28. The van der Waals surface area contributed by atoms with E-state index in [2.05, 4.69) is 10.6 Å². The Morgan fingerprint density at radius 1 is 1.20 bits per heavy atom. The fourth-order valence-corrected chi connectivity index (χ4v) is 6.42. The molecule has 2 bridgehead atoms. The van der Waals surface area contributed by atoms with Crippen molar-refractivity contribution in [2.45, 2.75) is 50.6 Å². The topological polar surface area (TPSA) is 41.1 Å². The second-order valence-corrected chi connectivity index (χ2v) is 8.41. The first kappa shape index (κ1) is 13.4. The highest BCUT2D eigenvalue weighted by Gasteiger charge is 2.53. The average molecular weight is 294 g/mol. The fraction of sp³-hybridized carbons (Fsp3) is 0.938. The van der Waals surface area contributed by atoms with Gasteiger partial charge in [0.2, 0.25) is 5.91 Å². The van der Waals surface area contributed by atoms with Crippen LogP contribution in [0.1, 0.15) is 38.5 Å². The van der Waals surface area contributed by atoms with E-state index in [9.17, 15) is 4.79 Å². The smallest absolute Gasteiger partial charge is 0.221 e. The van der Waals surface area contributed by atoms with Crippen LogP contribution in [0, 0.1) is 23.7 Å². The van der Waals surface area contributed by atoms with Crippen LogP contribution < -0.4 is 10.6 Å². The van der Waals surface area contributed by atoms with Crippen LogP contribution in [-0.4, -0.2) is 36.0 Å². The molecular weight excluding hydrogens is 268 g/mol. The average Bonchev–Trinajstić information content (AvgIpc) is 3.11. The minimum Gasteiger partial charge on any atom is -0.353 e. The van der Waals surface area contributed by atoms with Gasteiger partial charge in [-0.1, -0.05) is 6.42 Å². The van der Waals surface area contributed by atoms with E-state index in [4.69, 9.17) is 0 Å². The molecule has 1 saturated heterocycles. The molecule has 3 nitrogen and oxygen atoms in total. The minimum atomic E-state index is 0.289. The van der Waals surface area contributed by atoms with Gasteiger partial charge >= 0.3 is 0 Å². The van der Waals surface area contributed by atoms with Crippen molar-refractivity contribution >= 4 is 17.7 Å². The molecule has 2 N–H and O–H groups in total. The third-order valence-corrected chi connectivity index (χ3v) is 7.34. The molecule has 0 spiro atoms. The van der Waals surface area contributed by atoms with E-state index in [0.717, 1.165) is 36.0 Å². The van der Waals surface area contributed by atoms with Crippen molar-refractivity contribution in [1.29, 1.82) is 0 Å². The number of amides is 1. The van der Waals surface area contributed by atoms with Gasteiger partial charge in [0.15, 0.2) is 0 Å². The lowest BCUT2D eigenvalue weighted by atomic mass is 9.79. The normalized spacial score (nSPS) is 46.4. The molecule has 6 atom stereocenters. The number of rotatable bonds is 3. The zero-order chi connectivity index (χ0) is 13.5. The van der Waals surface area contributed by atoms with Crippen molar-refractivity contribution < 1.29 is 4.79 Å². The van der Waals surface area contributed by atoms with E-state index in [-0.39, 0.29) is 5.91 Å². The molecule has 20 heavy (non-hydrogen) atoms. The van der Waals surface area contributed by atoms with Gasteiger partial charge in [-0.25, -0.2) is 0 Å².